The number of hydrogen-bond donors (Lipinski definition) is 14. The highest BCUT2D eigenvalue weighted by Crippen LogP contribution is 2.36. The Bertz CT molecular complexity index is 1290. The fraction of sp³-hybridized carbons (Fsp3) is 1.00. The van der Waals surface area contributed by atoms with Crippen LogP contribution < -0.4 is 11.5 Å². The minimum absolute atomic E-state index is 0.513. The fourth-order valence-electron chi connectivity index (χ4n) is 7.32. The first-order chi connectivity index (χ1) is 27.1. The van der Waals surface area contributed by atoms with Gasteiger partial charge in [0.15, 0.2) is 31.5 Å². The van der Waals surface area contributed by atoms with Crippen LogP contribution in [0, 0.1) is 0 Å². The Hall–Kier alpha value is -0.960. The van der Waals surface area contributed by atoms with E-state index in [2.05, 4.69) is 0 Å². The zero-order chi connectivity index (χ0) is 43.1. The second-order valence-electron chi connectivity index (χ2n) is 16.3. The normalized spacial score (nSPS) is 52.1. The molecule has 0 amide bonds. The monoisotopic (exact) mass is 850 g/mol. The molecule has 0 aliphatic carbocycles. The predicted molar refractivity (Wildman–Crippen MR) is 186 cm³/mol. The van der Waals surface area contributed by atoms with Gasteiger partial charge in [-0.25, -0.2) is 0 Å². The van der Waals surface area contributed by atoms with Gasteiger partial charge in [-0.1, -0.05) is 0 Å². The van der Waals surface area contributed by atoms with Gasteiger partial charge in [-0.05, 0) is 34.6 Å². The molecule has 0 bridgehead atoms. The maximum Gasteiger partial charge on any atom is 0.187 e. The number of hydrogen-bond acceptors (Lipinski definition) is 24. The van der Waals surface area contributed by atoms with Gasteiger partial charge in [0.05, 0.1) is 49.7 Å². The predicted octanol–water partition coefficient (Wildman–Crippen LogP) is -8.11. The van der Waals surface area contributed by atoms with Crippen LogP contribution in [0.1, 0.15) is 34.6 Å². The standard InChI is InChI=1S/C34H62N2O22/c1-9-16(39)21(44)24(47)31(50-9)56-27-15(36)29(49-8-13-19(42)20(43)14(35)30(54-13)58-34(3,4)5)53-12(7-38)26(27)55-33-28(23(46)18(41)11(6-37)52-33)57-32-25(48)22(45)17(40)10(2)51-32/h9-33,37-48H,6-8,35-36H2,1-5H3/t9?,10?,11?,12?,13?,14?,15?,16?,17-,18?,19?,20-,21-,22?,23+,24?,25+,26?,27-,28?,29+,30-,31+,32?,33+/m1/s1. The summed E-state index contributed by atoms with van der Waals surface area (Å²) in [6, 6.07) is -2.63. The molecule has 25 atom stereocenters. The van der Waals surface area contributed by atoms with Crippen LogP contribution in [0.25, 0.3) is 0 Å². The van der Waals surface area contributed by atoms with Crippen molar-refractivity contribution in [1.29, 1.82) is 0 Å². The number of aliphatic hydroxyl groups is 12. The molecular weight excluding hydrogens is 788 g/mol. The minimum atomic E-state index is -1.94. The summed E-state index contributed by atoms with van der Waals surface area (Å²) in [5, 5.41) is 127. The second kappa shape index (κ2) is 19.6. The van der Waals surface area contributed by atoms with Gasteiger partial charge in [-0.3, -0.25) is 0 Å². The zero-order valence-electron chi connectivity index (χ0n) is 32.7. The van der Waals surface area contributed by atoms with Crippen LogP contribution in [-0.4, -0.2) is 240 Å². The van der Waals surface area contributed by atoms with Crippen molar-refractivity contribution >= 4 is 0 Å². The zero-order valence-corrected chi connectivity index (χ0v) is 32.7. The Morgan fingerprint density at radius 2 is 0.914 bits per heavy atom. The van der Waals surface area contributed by atoms with Gasteiger partial charge in [-0.15, -0.1) is 0 Å². The van der Waals surface area contributed by atoms with Gasteiger partial charge in [0.1, 0.15) is 97.7 Å². The lowest BCUT2D eigenvalue weighted by Gasteiger charge is -2.50. The Balaban J connectivity index is 1.43. The molecule has 5 fully saturated rings. The van der Waals surface area contributed by atoms with Crippen molar-refractivity contribution in [2.75, 3.05) is 19.8 Å². The van der Waals surface area contributed by atoms with E-state index in [0.717, 1.165) is 0 Å². The summed E-state index contributed by atoms with van der Waals surface area (Å²) in [5.41, 5.74) is 12.0. The molecule has 0 aromatic heterocycles. The molecule has 5 aliphatic rings. The van der Waals surface area contributed by atoms with Gasteiger partial charge in [-0.2, -0.15) is 0 Å². The van der Waals surface area contributed by atoms with E-state index in [4.69, 9.17) is 58.8 Å². The molecule has 5 aliphatic heterocycles. The van der Waals surface area contributed by atoms with Crippen molar-refractivity contribution in [3.63, 3.8) is 0 Å². The van der Waals surface area contributed by atoms with Crippen LogP contribution >= 0.6 is 0 Å². The molecule has 24 heteroatoms. The van der Waals surface area contributed by atoms with E-state index >= 15 is 0 Å². The summed E-state index contributed by atoms with van der Waals surface area (Å²) < 4.78 is 58.7. The highest BCUT2D eigenvalue weighted by molar-refractivity contribution is 5.00. The lowest BCUT2D eigenvalue weighted by Crippen LogP contribution is -2.69. The third kappa shape index (κ3) is 10.3. The largest absolute Gasteiger partial charge is 0.394 e. The first kappa shape index (κ1) is 48.1. The molecule has 24 nitrogen and oxygen atoms in total. The van der Waals surface area contributed by atoms with Crippen molar-refractivity contribution in [3.05, 3.63) is 0 Å². The third-order valence-corrected chi connectivity index (χ3v) is 10.8. The second-order valence-corrected chi connectivity index (χ2v) is 16.3. The quantitative estimate of drug-likeness (QED) is 0.0867. The molecule has 0 saturated carbocycles. The van der Waals surface area contributed by atoms with Crippen LogP contribution in [-0.2, 0) is 47.4 Å². The van der Waals surface area contributed by atoms with Crippen LogP contribution in [0.5, 0.6) is 0 Å². The molecule has 5 heterocycles. The van der Waals surface area contributed by atoms with E-state index in [9.17, 15) is 61.3 Å². The van der Waals surface area contributed by atoms with E-state index in [0.29, 0.717) is 0 Å². The molecule has 0 aromatic carbocycles. The van der Waals surface area contributed by atoms with Gasteiger partial charge >= 0.3 is 0 Å². The number of ether oxygens (including phenoxy) is 10. The molecule has 16 N–H and O–H groups in total. The molecule has 0 radical (unpaired) electrons. The first-order valence-corrected chi connectivity index (χ1v) is 19.2. The molecule has 15 unspecified atom stereocenters. The van der Waals surface area contributed by atoms with E-state index < -0.39 is 179 Å². The molecule has 0 aromatic rings. The van der Waals surface area contributed by atoms with Crippen molar-refractivity contribution < 1.29 is 109 Å². The Kier molecular flexibility index (Phi) is 16.3. The van der Waals surface area contributed by atoms with Crippen LogP contribution in [0.4, 0.5) is 0 Å². The molecule has 5 saturated heterocycles. The molecule has 340 valence electrons. The van der Waals surface area contributed by atoms with Crippen LogP contribution in [0.3, 0.4) is 0 Å². The summed E-state index contributed by atoms with van der Waals surface area (Å²) in [6.45, 7) is 5.70. The topological polar surface area (TPSA) is 387 Å². The lowest BCUT2D eigenvalue weighted by atomic mass is 9.94. The van der Waals surface area contributed by atoms with E-state index in [1.54, 1.807) is 20.8 Å². The van der Waals surface area contributed by atoms with Crippen molar-refractivity contribution in [1.82, 2.24) is 0 Å². The average Bonchev–Trinajstić information content (AvgIpc) is 3.17. The first-order valence-electron chi connectivity index (χ1n) is 19.2. The maximum absolute atomic E-state index is 11.2. The average molecular weight is 851 g/mol. The van der Waals surface area contributed by atoms with Crippen molar-refractivity contribution in [2.45, 2.75) is 194 Å². The van der Waals surface area contributed by atoms with Gasteiger partial charge in [0.25, 0.3) is 0 Å². The SMILES string of the molecule is CC1O[C@@H](O[C@H]2C(O[C@@H]3OC(CO)C(O)[C@H](O)C3OC3OC(C)[C@@H](O)C(O)[C@@H]3O)C(CO)O[C@H](OCC3O[C@H](OC(C)(C)C)C(N)[C@@H](O)C3O)C2N)C(O)[C@H](O)C1O. The summed E-state index contributed by atoms with van der Waals surface area (Å²) in [5.74, 6) is 0. The van der Waals surface area contributed by atoms with E-state index in [1.165, 1.54) is 13.8 Å². The Labute approximate surface area is 333 Å². The van der Waals surface area contributed by atoms with Gasteiger partial charge in [0, 0.05) is 0 Å². The fourth-order valence-corrected chi connectivity index (χ4v) is 7.32. The summed E-state index contributed by atoms with van der Waals surface area (Å²) >= 11 is 0. The maximum atomic E-state index is 11.2. The smallest absolute Gasteiger partial charge is 0.187 e. The number of rotatable bonds is 12. The molecule has 5 rings (SSSR count). The Morgan fingerprint density at radius 1 is 0.448 bits per heavy atom. The van der Waals surface area contributed by atoms with E-state index in [-0.39, 0.29) is 0 Å². The van der Waals surface area contributed by atoms with Crippen LogP contribution in [0.2, 0.25) is 0 Å². The Morgan fingerprint density at radius 3 is 1.43 bits per heavy atom. The van der Waals surface area contributed by atoms with Crippen LogP contribution in [0.15, 0.2) is 0 Å². The number of nitrogens with two attached hydrogens (primary N) is 2. The summed E-state index contributed by atoms with van der Waals surface area (Å²) in [6.07, 6.45) is -36.8. The van der Waals surface area contributed by atoms with E-state index in [1.807, 2.05) is 0 Å². The lowest BCUT2D eigenvalue weighted by molar-refractivity contribution is -0.393. The molecule has 0 spiro atoms. The highest BCUT2D eigenvalue weighted by atomic mass is 16.8. The van der Waals surface area contributed by atoms with Crippen molar-refractivity contribution in [2.24, 2.45) is 11.5 Å². The summed E-state index contributed by atoms with van der Waals surface area (Å²) in [7, 11) is 0. The van der Waals surface area contributed by atoms with Gasteiger partial charge < -0.3 is 120 Å². The highest BCUT2D eigenvalue weighted by Gasteiger charge is 2.56. The van der Waals surface area contributed by atoms with Crippen molar-refractivity contribution in [3.8, 4) is 0 Å². The third-order valence-electron chi connectivity index (χ3n) is 10.8. The number of aliphatic hydroxyl groups excluding tert-OH is 12. The molecular formula is C34H62N2O22. The summed E-state index contributed by atoms with van der Waals surface area (Å²) in [4.78, 5) is 0. The van der Waals surface area contributed by atoms with Gasteiger partial charge in [0.2, 0.25) is 0 Å². The minimum Gasteiger partial charge on any atom is -0.394 e. The molecule has 58 heavy (non-hydrogen) atoms.